The van der Waals surface area contributed by atoms with Crippen LogP contribution in [0.3, 0.4) is 0 Å². The van der Waals surface area contributed by atoms with Gasteiger partial charge in [0.1, 0.15) is 0 Å². The molecule has 0 aromatic heterocycles. The van der Waals surface area contributed by atoms with Crippen molar-refractivity contribution in [1.82, 2.24) is 0 Å². The molecule has 1 unspecified atom stereocenters. The predicted molar refractivity (Wildman–Crippen MR) is 98.1 cm³/mol. The molecule has 0 heterocycles. The van der Waals surface area contributed by atoms with Gasteiger partial charge in [0.2, 0.25) is 0 Å². The maximum absolute atomic E-state index is 6.18. The second-order valence-electron chi connectivity index (χ2n) is 5.84. The third-order valence-electron chi connectivity index (χ3n) is 3.96. The lowest BCUT2D eigenvalue weighted by molar-refractivity contribution is 0.637. The van der Waals surface area contributed by atoms with Crippen LogP contribution in [-0.2, 0) is 6.42 Å². The quantitative estimate of drug-likeness (QED) is 0.630. The second-order valence-corrected chi connectivity index (χ2v) is 6.76. The minimum atomic E-state index is 0.254. The molecule has 0 amide bonds. The summed E-state index contributed by atoms with van der Waals surface area (Å²) in [6, 6.07) is 6.89. The molecule has 3 heteroatoms. The number of nitrogens with zero attached hydrogens (tertiary/aromatic N) is 1. The zero-order valence-corrected chi connectivity index (χ0v) is 15.5. The van der Waals surface area contributed by atoms with Crippen LogP contribution in [0, 0.1) is 0 Å². The van der Waals surface area contributed by atoms with Crippen LogP contribution in [0.5, 0.6) is 0 Å². The summed E-state index contributed by atoms with van der Waals surface area (Å²) in [5.74, 6) is 0. The van der Waals surface area contributed by atoms with Crippen LogP contribution in [0.1, 0.15) is 58.4 Å². The van der Waals surface area contributed by atoms with Gasteiger partial charge in [0, 0.05) is 29.3 Å². The number of benzene rings is 1. The van der Waals surface area contributed by atoms with E-state index in [-0.39, 0.29) is 6.04 Å². The fourth-order valence-electron chi connectivity index (χ4n) is 2.48. The van der Waals surface area contributed by atoms with Gasteiger partial charge in [-0.05, 0) is 43.4 Å². The van der Waals surface area contributed by atoms with E-state index in [4.69, 9.17) is 5.73 Å². The van der Waals surface area contributed by atoms with Gasteiger partial charge in [-0.3, -0.25) is 0 Å². The van der Waals surface area contributed by atoms with E-state index in [0.29, 0.717) is 0 Å². The zero-order valence-electron chi connectivity index (χ0n) is 13.9. The SMILES string of the molecule is CCCCN(CCCC)c1cc(Br)ccc1CC(N)CC. The Balaban J connectivity index is 2.98. The smallest absolute Gasteiger partial charge is 0.0410 e. The molecule has 1 atom stereocenters. The van der Waals surface area contributed by atoms with Crippen LogP contribution in [0.2, 0.25) is 0 Å². The van der Waals surface area contributed by atoms with Crippen molar-refractivity contribution in [2.45, 2.75) is 65.3 Å². The third kappa shape index (κ3) is 6.39. The molecule has 0 aliphatic carbocycles. The van der Waals surface area contributed by atoms with E-state index in [1.165, 1.54) is 36.9 Å². The summed E-state index contributed by atoms with van der Waals surface area (Å²) < 4.78 is 1.16. The zero-order chi connectivity index (χ0) is 15.7. The predicted octanol–water partition coefficient (Wildman–Crippen LogP) is 5.14. The monoisotopic (exact) mass is 354 g/mol. The third-order valence-corrected chi connectivity index (χ3v) is 4.45. The molecule has 0 aliphatic heterocycles. The first-order chi connectivity index (χ1) is 10.1. The minimum absolute atomic E-state index is 0.254. The summed E-state index contributed by atoms with van der Waals surface area (Å²) >= 11 is 3.63. The first kappa shape index (κ1) is 18.5. The first-order valence-electron chi connectivity index (χ1n) is 8.41. The van der Waals surface area contributed by atoms with Gasteiger partial charge in [0.05, 0.1) is 0 Å². The maximum atomic E-state index is 6.18. The summed E-state index contributed by atoms with van der Waals surface area (Å²) in [7, 11) is 0. The fourth-order valence-corrected chi connectivity index (χ4v) is 2.83. The highest BCUT2D eigenvalue weighted by Crippen LogP contribution is 2.27. The van der Waals surface area contributed by atoms with Crippen LogP contribution in [0.25, 0.3) is 0 Å². The van der Waals surface area contributed by atoms with Gasteiger partial charge in [-0.1, -0.05) is 55.6 Å². The van der Waals surface area contributed by atoms with Gasteiger partial charge in [0.25, 0.3) is 0 Å². The van der Waals surface area contributed by atoms with E-state index in [9.17, 15) is 0 Å². The largest absolute Gasteiger partial charge is 0.371 e. The molecule has 0 saturated heterocycles. The van der Waals surface area contributed by atoms with Crippen LogP contribution in [0.15, 0.2) is 22.7 Å². The Hall–Kier alpha value is -0.540. The highest BCUT2D eigenvalue weighted by molar-refractivity contribution is 9.10. The molecular weight excluding hydrogens is 324 g/mol. The summed E-state index contributed by atoms with van der Waals surface area (Å²) in [6.45, 7) is 8.96. The molecular formula is C18H31BrN2. The molecule has 0 spiro atoms. The number of anilines is 1. The van der Waals surface area contributed by atoms with Crippen LogP contribution in [-0.4, -0.2) is 19.1 Å². The van der Waals surface area contributed by atoms with E-state index in [1.807, 2.05) is 0 Å². The number of hydrogen-bond acceptors (Lipinski definition) is 2. The van der Waals surface area contributed by atoms with Gasteiger partial charge < -0.3 is 10.6 Å². The molecule has 1 rings (SSSR count). The Kier molecular flexibility index (Phi) is 9.02. The van der Waals surface area contributed by atoms with Crippen molar-refractivity contribution in [2.24, 2.45) is 5.73 Å². The molecule has 21 heavy (non-hydrogen) atoms. The lowest BCUT2D eigenvalue weighted by Gasteiger charge is -2.28. The lowest BCUT2D eigenvalue weighted by atomic mass is 10.0. The Morgan fingerprint density at radius 3 is 2.24 bits per heavy atom. The Labute approximate surface area is 139 Å². The molecule has 0 fully saturated rings. The minimum Gasteiger partial charge on any atom is -0.371 e. The lowest BCUT2D eigenvalue weighted by Crippen LogP contribution is -2.28. The average molecular weight is 355 g/mol. The molecule has 2 N–H and O–H groups in total. The van der Waals surface area contributed by atoms with Crippen LogP contribution < -0.4 is 10.6 Å². The highest BCUT2D eigenvalue weighted by Gasteiger charge is 2.13. The summed E-state index contributed by atoms with van der Waals surface area (Å²) in [6.07, 6.45) is 6.96. The van der Waals surface area contributed by atoms with E-state index in [1.54, 1.807) is 0 Å². The summed E-state index contributed by atoms with van der Waals surface area (Å²) in [5, 5.41) is 0. The van der Waals surface area contributed by atoms with E-state index < -0.39 is 0 Å². The molecule has 0 aliphatic rings. The average Bonchev–Trinajstić information content (AvgIpc) is 2.49. The molecule has 0 radical (unpaired) electrons. The molecule has 0 bridgehead atoms. The molecule has 120 valence electrons. The number of nitrogens with two attached hydrogens (primary N) is 1. The Bertz CT molecular complexity index is 398. The van der Waals surface area contributed by atoms with Crippen molar-refractivity contribution in [3.05, 3.63) is 28.2 Å². The van der Waals surface area contributed by atoms with Crippen molar-refractivity contribution in [1.29, 1.82) is 0 Å². The normalized spacial score (nSPS) is 12.4. The number of hydrogen-bond donors (Lipinski definition) is 1. The topological polar surface area (TPSA) is 29.3 Å². The Morgan fingerprint density at radius 2 is 1.71 bits per heavy atom. The van der Waals surface area contributed by atoms with Crippen molar-refractivity contribution in [3.8, 4) is 0 Å². The van der Waals surface area contributed by atoms with Gasteiger partial charge in [0.15, 0.2) is 0 Å². The first-order valence-corrected chi connectivity index (χ1v) is 9.20. The van der Waals surface area contributed by atoms with E-state index in [0.717, 1.165) is 30.4 Å². The standard InChI is InChI=1S/C18H31BrN2/c1-4-7-11-21(12-8-5-2)18-14-16(19)10-9-15(18)13-17(20)6-3/h9-10,14,17H,4-8,11-13,20H2,1-3H3. The van der Waals surface area contributed by atoms with E-state index in [2.05, 4.69) is 59.8 Å². The van der Waals surface area contributed by atoms with Crippen LogP contribution >= 0.6 is 15.9 Å². The van der Waals surface area contributed by atoms with Crippen LogP contribution in [0.4, 0.5) is 5.69 Å². The number of unbranched alkanes of at least 4 members (excludes halogenated alkanes) is 2. The van der Waals surface area contributed by atoms with Gasteiger partial charge >= 0.3 is 0 Å². The van der Waals surface area contributed by atoms with Gasteiger partial charge in [-0.25, -0.2) is 0 Å². The molecule has 0 saturated carbocycles. The van der Waals surface area contributed by atoms with Gasteiger partial charge in [-0.15, -0.1) is 0 Å². The highest BCUT2D eigenvalue weighted by atomic mass is 79.9. The molecule has 2 nitrogen and oxygen atoms in total. The van der Waals surface area contributed by atoms with E-state index >= 15 is 0 Å². The summed E-state index contributed by atoms with van der Waals surface area (Å²) in [5.41, 5.74) is 8.94. The summed E-state index contributed by atoms with van der Waals surface area (Å²) in [4.78, 5) is 2.55. The fraction of sp³-hybridized carbons (Fsp3) is 0.667. The Morgan fingerprint density at radius 1 is 1.10 bits per heavy atom. The molecule has 1 aromatic carbocycles. The van der Waals surface area contributed by atoms with Crippen molar-refractivity contribution < 1.29 is 0 Å². The maximum Gasteiger partial charge on any atom is 0.0410 e. The van der Waals surface area contributed by atoms with Crippen molar-refractivity contribution in [2.75, 3.05) is 18.0 Å². The number of rotatable bonds is 10. The number of halogens is 1. The van der Waals surface area contributed by atoms with Crippen molar-refractivity contribution in [3.63, 3.8) is 0 Å². The second kappa shape index (κ2) is 10.2. The molecule has 1 aromatic rings. The van der Waals surface area contributed by atoms with Gasteiger partial charge in [-0.2, -0.15) is 0 Å². The van der Waals surface area contributed by atoms with Crippen molar-refractivity contribution >= 4 is 21.6 Å².